The van der Waals surface area contributed by atoms with E-state index in [1.807, 2.05) is 0 Å². The zero-order valence-corrected chi connectivity index (χ0v) is 20.2. The molecule has 0 bridgehead atoms. The second kappa shape index (κ2) is 13.7. The molecule has 1 aliphatic heterocycles. The molecule has 1 aromatic heterocycles. The van der Waals surface area contributed by atoms with Crippen LogP contribution < -0.4 is 26.4 Å². The van der Waals surface area contributed by atoms with E-state index in [1.54, 1.807) is 12.2 Å². The smallest absolute Gasteiger partial charge is 0.311 e. The zero-order valence-electron chi connectivity index (χ0n) is 20.2. The lowest BCUT2D eigenvalue weighted by molar-refractivity contribution is -0.384. The normalized spacial score (nSPS) is 13.8. The van der Waals surface area contributed by atoms with Crippen LogP contribution in [0, 0.1) is 20.2 Å². The molecule has 1 saturated heterocycles. The summed E-state index contributed by atoms with van der Waals surface area (Å²) in [6.07, 6.45) is 5.55. The van der Waals surface area contributed by atoms with Crippen LogP contribution in [-0.2, 0) is 0 Å². The number of ether oxygens (including phenoxy) is 1. The monoisotopic (exact) mass is 514 g/mol. The van der Waals surface area contributed by atoms with Crippen molar-refractivity contribution in [3.8, 4) is 5.75 Å². The van der Waals surface area contributed by atoms with Crippen LogP contribution in [0.3, 0.4) is 0 Å². The summed E-state index contributed by atoms with van der Waals surface area (Å²) in [5.41, 5.74) is 5.01. The Morgan fingerprint density at radius 3 is 2.51 bits per heavy atom. The number of hydrogen-bond donors (Lipinski definition) is 4. The van der Waals surface area contributed by atoms with E-state index in [2.05, 4.69) is 25.8 Å². The number of piperazine rings is 1. The topological polar surface area (TPSA) is 191 Å². The Hall–Kier alpha value is -4.30. The number of nitrogens with two attached hydrogens (primary N) is 1. The van der Waals surface area contributed by atoms with Crippen molar-refractivity contribution in [1.82, 2.24) is 15.2 Å². The lowest BCUT2D eigenvalue weighted by Crippen LogP contribution is -2.43. The SMILES string of the molecule is NC(=O)c1cc(OCCCN2CCNCC2)c(NC/C=C/CNc2ncccc2[N+](=O)[O-])c([N+](=O)[O-])c1. The van der Waals surface area contributed by atoms with Gasteiger partial charge < -0.3 is 31.3 Å². The lowest BCUT2D eigenvalue weighted by Gasteiger charge is -2.27. The van der Waals surface area contributed by atoms with Gasteiger partial charge in [0.1, 0.15) is 5.75 Å². The number of benzene rings is 1. The van der Waals surface area contributed by atoms with Crippen molar-refractivity contribution < 1.29 is 19.4 Å². The Labute approximate surface area is 213 Å². The molecule has 1 fully saturated rings. The Morgan fingerprint density at radius 1 is 1.14 bits per heavy atom. The Morgan fingerprint density at radius 2 is 1.84 bits per heavy atom. The lowest BCUT2D eigenvalue weighted by atomic mass is 10.1. The molecule has 1 amide bonds. The van der Waals surface area contributed by atoms with Crippen molar-refractivity contribution >= 4 is 28.8 Å². The molecule has 1 aliphatic rings. The third-order valence-electron chi connectivity index (χ3n) is 5.58. The van der Waals surface area contributed by atoms with E-state index in [4.69, 9.17) is 10.5 Å². The first-order valence-corrected chi connectivity index (χ1v) is 11.8. The molecule has 2 aromatic rings. The average molecular weight is 515 g/mol. The van der Waals surface area contributed by atoms with E-state index in [0.29, 0.717) is 13.0 Å². The predicted octanol–water partition coefficient (Wildman–Crippen LogP) is 1.75. The largest absolute Gasteiger partial charge is 0.491 e. The van der Waals surface area contributed by atoms with Crippen LogP contribution >= 0.6 is 0 Å². The minimum atomic E-state index is -0.796. The van der Waals surface area contributed by atoms with Crippen LogP contribution in [0.25, 0.3) is 0 Å². The van der Waals surface area contributed by atoms with Gasteiger partial charge in [0.05, 0.1) is 16.5 Å². The van der Waals surface area contributed by atoms with Gasteiger partial charge >= 0.3 is 5.69 Å². The predicted molar refractivity (Wildman–Crippen MR) is 138 cm³/mol. The van der Waals surface area contributed by atoms with Crippen molar-refractivity contribution in [1.29, 1.82) is 0 Å². The molecule has 0 unspecified atom stereocenters. The van der Waals surface area contributed by atoms with Crippen molar-refractivity contribution in [3.63, 3.8) is 0 Å². The number of primary amides is 1. The standard InChI is InChI=1S/C23H30N8O6/c24-22(32)17-15-19(31(35)36)21(20(16-17)37-14-4-11-29-12-9-25-10-13-29)26-6-1-2-7-27-23-18(30(33)34)5-3-8-28-23/h1-3,5,8,15-16,25-26H,4,6-7,9-14H2,(H2,24,32)(H,27,28)/b2-1+. The molecule has 0 spiro atoms. The summed E-state index contributed by atoms with van der Waals surface area (Å²) >= 11 is 0. The summed E-state index contributed by atoms with van der Waals surface area (Å²) in [7, 11) is 0. The first-order chi connectivity index (χ1) is 17.9. The molecule has 37 heavy (non-hydrogen) atoms. The molecule has 2 heterocycles. The van der Waals surface area contributed by atoms with Crippen LogP contribution in [0.5, 0.6) is 5.75 Å². The number of hydrogen-bond acceptors (Lipinski definition) is 11. The number of rotatable bonds is 14. The van der Waals surface area contributed by atoms with Gasteiger partial charge in [-0.15, -0.1) is 0 Å². The van der Waals surface area contributed by atoms with Gasteiger partial charge in [-0.2, -0.15) is 0 Å². The highest BCUT2D eigenvalue weighted by molar-refractivity contribution is 5.95. The van der Waals surface area contributed by atoms with Crippen molar-refractivity contribution in [2.45, 2.75) is 6.42 Å². The third kappa shape index (κ3) is 8.12. The van der Waals surface area contributed by atoms with E-state index in [0.717, 1.165) is 38.8 Å². The molecule has 0 aliphatic carbocycles. The number of nitrogens with one attached hydrogen (secondary N) is 3. The van der Waals surface area contributed by atoms with Crippen molar-refractivity contribution in [2.75, 3.05) is 63.1 Å². The quantitative estimate of drug-likeness (QED) is 0.124. The molecule has 5 N–H and O–H groups in total. The summed E-state index contributed by atoms with van der Waals surface area (Å²) < 4.78 is 5.86. The Bertz CT molecular complexity index is 1140. The first kappa shape index (κ1) is 27.3. The zero-order chi connectivity index (χ0) is 26.6. The number of aromatic nitrogens is 1. The maximum atomic E-state index is 11.7. The summed E-state index contributed by atoms with van der Waals surface area (Å²) in [5, 5.41) is 31.9. The number of nitro benzene ring substituents is 1. The van der Waals surface area contributed by atoms with Gasteiger partial charge in [0.15, 0.2) is 5.69 Å². The number of carbonyl (C=O) groups excluding carboxylic acids is 1. The van der Waals surface area contributed by atoms with Gasteiger partial charge in [-0.3, -0.25) is 25.0 Å². The number of amides is 1. The molecule has 198 valence electrons. The molecule has 0 radical (unpaired) electrons. The van der Waals surface area contributed by atoms with E-state index < -0.39 is 15.8 Å². The van der Waals surface area contributed by atoms with Gasteiger partial charge in [-0.05, 0) is 18.6 Å². The van der Waals surface area contributed by atoms with E-state index in [1.165, 1.54) is 24.4 Å². The summed E-state index contributed by atoms with van der Waals surface area (Å²) in [5.74, 6) is -0.492. The molecule has 1 aromatic carbocycles. The first-order valence-electron chi connectivity index (χ1n) is 11.8. The highest BCUT2D eigenvalue weighted by Crippen LogP contribution is 2.36. The number of nitrogens with zero attached hydrogens (tertiary/aromatic N) is 4. The molecule has 0 atom stereocenters. The Kier molecular flexibility index (Phi) is 10.1. The summed E-state index contributed by atoms with van der Waals surface area (Å²) in [6.45, 7) is 5.34. The maximum Gasteiger partial charge on any atom is 0.311 e. The molecule has 14 heteroatoms. The average Bonchev–Trinajstić information content (AvgIpc) is 2.89. The van der Waals surface area contributed by atoms with Crippen molar-refractivity contribution in [3.05, 3.63) is 68.4 Å². The molecule has 0 saturated carbocycles. The van der Waals surface area contributed by atoms with Crippen LogP contribution in [0.1, 0.15) is 16.8 Å². The second-order valence-corrected chi connectivity index (χ2v) is 8.14. The summed E-state index contributed by atoms with van der Waals surface area (Å²) in [4.78, 5) is 39.7. The van der Waals surface area contributed by atoms with Gasteiger partial charge in [-0.1, -0.05) is 12.2 Å². The number of anilines is 2. The molecule has 3 rings (SSSR count). The number of nitro groups is 2. The van der Waals surface area contributed by atoms with Gasteiger partial charge in [0, 0.05) is 69.7 Å². The maximum absolute atomic E-state index is 11.7. The van der Waals surface area contributed by atoms with Crippen molar-refractivity contribution in [2.24, 2.45) is 5.73 Å². The van der Waals surface area contributed by atoms with Crippen LogP contribution in [-0.4, -0.2) is 78.1 Å². The van der Waals surface area contributed by atoms with E-state index in [9.17, 15) is 25.0 Å². The van der Waals surface area contributed by atoms with Crippen LogP contribution in [0.4, 0.5) is 22.9 Å². The fraction of sp³-hybridized carbons (Fsp3) is 0.391. The van der Waals surface area contributed by atoms with E-state index >= 15 is 0 Å². The fourth-order valence-electron chi connectivity index (χ4n) is 3.75. The highest BCUT2D eigenvalue weighted by Gasteiger charge is 2.22. The number of carbonyl (C=O) groups is 1. The Balaban J connectivity index is 1.63. The van der Waals surface area contributed by atoms with Crippen LogP contribution in [0.15, 0.2) is 42.6 Å². The minimum absolute atomic E-state index is 0.0222. The highest BCUT2D eigenvalue weighted by atomic mass is 16.6. The third-order valence-corrected chi connectivity index (χ3v) is 5.58. The minimum Gasteiger partial charge on any atom is -0.491 e. The van der Waals surface area contributed by atoms with Gasteiger partial charge in [-0.25, -0.2) is 4.98 Å². The van der Waals surface area contributed by atoms with E-state index in [-0.39, 0.29) is 47.3 Å². The fourth-order valence-corrected chi connectivity index (χ4v) is 3.75. The van der Waals surface area contributed by atoms with Gasteiger partial charge in [0.25, 0.3) is 5.69 Å². The number of pyridine rings is 1. The molecule has 14 nitrogen and oxygen atoms in total. The second-order valence-electron chi connectivity index (χ2n) is 8.14. The van der Waals surface area contributed by atoms with Gasteiger partial charge in [0.2, 0.25) is 11.7 Å². The van der Waals surface area contributed by atoms with Crippen LogP contribution in [0.2, 0.25) is 0 Å². The molecular formula is C23H30N8O6. The summed E-state index contributed by atoms with van der Waals surface area (Å²) in [6, 6.07) is 5.34. The molecular weight excluding hydrogens is 484 g/mol.